The molecule has 12 heavy (non-hydrogen) atoms. The Kier molecular flexibility index (Phi) is 4.32. The molecule has 0 saturated heterocycles. The molecule has 0 aliphatic rings. The predicted molar refractivity (Wildman–Crippen MR) is 59.4 cm³/mol. The standard InChI is InChI=1S/C9H10ClIO/c1-12-6-7-2-3-8(5-10)9(11)4-7/h2-4H,5-6H2,1H3. The van der Waals surface area contributed by atoms with E-state index in [2.05, 4.69) is 28.7 Å². The lowest BCUT2D eigenvalue weighted by molar-refractivity contribution is 0.185. The fourth-order valence-electron chi connectivity index (χ4n) is 0.956. The largest absolute Gasteiger partial charge is 0.380 e. The van der Waals surface area contributed by atoms with Crippen LogP contribution in [0.25, 0.3) is 0 Å². The Labute approximate surface area is 91.2 Å². The molecule has 0 aliphatic carbocycles. The maximum atomic E-state index is 5.73. The van der Waals surface area contributed by atoms with Gasteiger partial charge in [0, 0.05) is 16.6 Å². The quantitative estimate of drug-likeness (QED) is 0.615. The highest BCUT2D eigenvalue weighted by atomic mass is 127. The molecule has 0 fully saturated rings. The third-order valence-corrected chi connectivity index (χ3v) is 2.86. The zero-order valence-corrected chi connectivity index (χ0v) is 9.72. The first-order valence-corrected chi connectivity index (χ1v) is 5.21. The van der Waals surface area contributed by atoms with Crippen LogP contribution >= 0.6 is 34.2 Å². The van der Waals surface area contributed by atoms with Gasteiger partial charge in [-0.05, 0) is 39.8 Å². The van der Waals surface area contributed by atoms with Crippen molar-refractivity contribution in [1.29, 1.82) is 0 Å². The van der Waals surface area contributed by atoms with E-state index >= 15 is 0 Å². The van der Waals surface area contributed by atoms with Gasteiger partial charge in [0.15, 0.2) is 0 Å². The molecule has 1 rings (SSSR count). The minimum Gasteiger partial charge on any atom is -0.380 e. The van der Waals surface area contributed by atoms with E-state index in [0.717, 1.165) is 0 Å². The summed E-state index contributed by atoms with van der Waals surface area (Å²) < 4.78 is 6.23. The van der Waals surface area contributed by atoms with Crippen LogP contribution in [0.3, 0.4) is 0 Å². The lowest BCUT2D eigenvalue weighted by Crippen LogP contribution is -1.91. The van der Waals surface area contributed by atoms with Crippen LogP contribution in [0.4, 0.5) is 0 Å². The van der Waals surface area contributed by atoms with Crippen LogP contribution in [-0.2, 0) is 17.2 Å². The Morgan fingerprint density at radius 2 is 2.25 bits per heavy atom. The fraction of sp³-hybridized carbons (Fsp3) is 0.333. The number of alkyl halides is 1. The van der Waals surface area contributed by atoms with Gasteiger partial charge in [-0.3, -0.25) is 0 Å². The normalized spacial score (nSPS) is 10.2. The summed E-state index contributed by atoms with van der Waals surface area (Å²) in [6, 6.07) is 6.19. The summed E-state index contributed by atoms with van der Waals surface area (Å²) in [5.41, 5.74) is 2.37. The summed E-state index contributed by atoms with van der Waals surface area (Å²) in [4.78, 5) is 0. The van der Waals surface area contributed by atoms with Crippen molar-refractivity contribution < 1.29 is 4.74 Å². The first-order chi connectivity index (χ1) is 5.77. The van der Waals surface area contributed by atoms with Crippen LogP contribution in [0, 0.1) is 3.57 Å². The van der Waals surface area contributed by atoms with Crippen molar-refractivity contribution in [2.75, 3.05) is 7.11 Å². The van der Waals surface area contributed by atoms with E-state index in [1.165, 1.54) is 14.7 Å². The highest BCUT2D eigenvalue weighted by Crippen LogP contribution is 2.16. The SMILES string of the molecule is COCc1ccc(CCl)c(I)c1. The maximum absolute atomic E-state index is 5.73. The van der Waals surface area contributed by atoms with Gasteiger partial charge in [-0.15, -0.1) is 11.6 Å². The molecule has 1 aromatic carbocycles. The molecule has 0 spiro atoms. The molecule has 0 bridgehead atoms. The van der Waals surface area contributed by atoms with Gasteiger partial charge in [0.2, 0.25) is 0 Å². The molecule has 0 unspecified atom stereocenters. The van der Waals surface area contributed by atoms with Crippen molar-refractivity contribution >= 4 is 34.2 Å². The Morgan fingerprint density at radius 3 is 2.75 bits per heavy atom. The molecule has 0 atom stereocenters. The van der Waals surface area contributed by atoms with Gasteiger partial charge >= 0.3 is 0 Å². The first kappa shape index (κ1) is 10.3. The van der Waals surface area contributed by atoms with Crippen LogP contribution in [0.15, 0.2) is 18.2 Å². The Bertz CT molecular complexity index is 263. The Morgan fingerprint density at radius 1 is 1.50 bits per heavy atom. The Balaban J connectivity index is 2.86. The second-order valence-corrected chi connectivity index (χ2v) is 3.92. The second kappa shape index (κ2) is 5.04. The lowest BCUT2D eigenvalue weighted by atomic mass is 10.2. The van der Waals surface area contributed by atoms with Gasteiger partial charge in [-0.2, -0.15) is 0 Å². The minimum absolute atomic E-state index is 0.575. The van der Waals surface area contributed by atoms with Gasteiger partial charge in [0.1, 0.15) is 0 Å². The number of methoxy groups -OCH3 is 1. The Hall–Kier alpha value is 0.200. The van der Waals surface area contributed by atoms with Crippen LogP contribution in [0.5, 0.6) is 0 Å². The van der Waals surface area contributed by atoms with E-state index in [1.807, 2.05) is 12.1 Å². The maximum Gasteiger partial charge on any atom is 0.0713 e. The molecule has 0 radical (unpaired) electrons. The molecule has 0 aromatic heterocycles. The van der Waals surface area contributed by atoms with Crippen molar-refractivity contribution in [1.82, 2.24) is 0 Å². The molecule has 66 valence electrons. The van der Waals surface area contributed by atoms with E-state index in [-0.39, 0.29) is 0 Å². The van der Waals surface area contributed by atoms with E-state index < -0.39 is 0 Å². The lowest BCUT2D eigenvalue weighted by Gasteiger charge is -2.03. The zero-order chi connectivity index (χ0) is 8.97. The minimum atomic E-state index is 0.575. The number of ether oxygens (including phenoxy) is 1. The highest BCUT2D eigenvalue weighted by Gasteiger charge is 1.99. The third kappa shape index (κ3) is 2.61. The van der Waals surface area contributed by atoms with Gasteiger partial charge in [-0.25, -0.2) is 0 Å². The first-order valence-electron chi connectivity index (χ1n) is 3.60. The average Bonchev–Trinajstić information content (AvgIpc) is 2.05. The number of halogens is 2. The van der Waals surface area contributed by atoms with E-state index in [0.29, 0.717) is 12.5 Å². The molecular formula is C9H10ClIO. The second-order valence-electron chi connectivity index (χ2n) is 2.49. The van der Waals surface area contributed by atoms with Crippen molar-refractivity contribution in [3.8, 4) is 0 Å². The molecule has 0 N–H and O–H groups in total. The number of hydrogen-bond donors (Lipinski definition) is 0. The molecule has 0 aliphatic heterocycles. The van der Waals surface area contributed by atoms with Crippen molar-refractivity contribution in [3.05, 3.63) is 32.9 Å². The van der Waals surface area contributed by atoms with Crippen molar-refractivity contribution in [3.63, 3.8) is 0 Å². The number of benzene rings is 1. The summed E-state index contributed by atoms with van der Waals surface area (Å²) >= 11 is 8.01. The summed E-state index contributed by atoms with van der Waals surface area (Å²) in [5.74, 6) is 0.575. The molecular weight excluding hydrogens is 286 g/mol. The van der Waals surface area contributed by atoms with E-state index in [1.54, 1.807) is 7.11 Å². The van der Waals surface area contributed by atoms with E-state index in [9.17, 15) is 0 Å². The molecule has 0 heterocycles. The van der Waals surface area contributed by atoms with Crippen LogP contribution < -0.4 is 0 Å². The molecule has 0 saturated carbocycles. The molecule has 0 amide bonds. The molecule has 1 aromatic rings. The summed E-state index contributed by atoms with van der Waals surface area (Å²) in [6.07, 6.45) is 0. The van der Waals surface area contributed by atoms with Gasteiger partial charge in [0.25, 0.3) is 0 Å². The van der Waals surface area contributed by atoms with Gasteiger partial charge in [-0.1, -0.05) is 12.1 Å². The van der Waals surface area contributed by atoms with Gasteiger partial charge < -0.3 is 4.74 Å². The summed E-state index contributed by atoms with van der Waals surface area (Å²) in [7, 11) is 1.70. The predicted octanol–water partition coefficient (Wildman–Crippen LogP) is 3.18. The average molecular weight is 297 g/mol. The smallest absolute Gasteiger partial charge is 0.0713 e. The third-order valence-electron chi connectivity index (χ3n) is 1.57. The van der Waals surface area contributed by atoms with Crippen LogP contribution in [0.1, 0.15) is 11.1 Å². The summed E-state index contributed by atoms with van der Waals surface area (Å²) in [6.45, 7) is 0.665. The fourth-order valence-corrected chi connectivity index (χ4v) is 2.18. The van der Waals surface area contributed by atoms with Crippen LogP contribution in [-0.4, -0.2) is 7.11 Å². The van der Waals surface area contributed by atoms with Gasteiger partial charge in [0.05, 0.1) is 6.61 Å². The van der Waals surface area contributed by atoms with Crippen LogP contribution in [0.2, 0.25) is 0 Å². The van der Waals surface area contributed by atoms with Crippen molar-refractivity contribution in [2.45, 2.75) is 12.5 Å². The number of hydrogen-bond acceptors (Lipinski definition) is 1. The monoisotopic (exact) mass is 296 g/mol. The highest BCUT2D eigenvalue weighted by molar-refractivity contribution is 14.1. The molecule has 1 nitrogen and oxygen atoms in total. The molecule has 3 heteroatoms. The zero-order valence-electron chi connectivity index (χ0n) is 6.81. The number of rotatable bonds is 3. The van der Waals surface area contributed by atoms with Crippen molar-refractivity contribution in [2.24, 2.45) is 0 Å². The summed E-state index contributed by atoms with van der Waals surface area (Å²) in [5, 5.41) is 0. The topological polar surface area (TPSA) is 9.23 Å². The van der Waals surface area contributed by atoms with E-state index in [4.69, 9.17) is 16.3 Å².